The topological polar surface area (TPSA) is 33.4 Å². The Morgan fingerprint density at radius 3 is 2.48 bits per heavy atom. The average Bonchev–Trinajstić information content (AvgIpc) is 2.80. The summed E-state index contributed by atoms with van der Waals surface area (Å²) in [6, 6.07) is 10.7. The number of aryl methyl sites for hydroxylation is 1. The van der Waals surface area contributed by atoms with Gasteiger partial charge in [0.15, 0.2) is 0 Å². The first-order chi connectivity index (χ1) is 10.0. The molecule has 1 atom stereocenters. The summed E-state index contributed by atoms with van der Waals surface area (Å²) in [5.41, 5.74) is 2.16. The summed E-state index contributed by atoms with van der Waals surface area (Å²) in [7, 11) is 0. The second-order valence-electron chi connectivity index (χ2n) is 5.19. The molecule has 21 heavy (non-hydrogen) atoms. The molecule has 0 aliphatic heterocycles. The minimum Gasteiger partial charge on any atom is -0.458 e. The monoisotopic (exact) mass is 288 g/mol. The molecule has 0 radical (unpaired) electrons. The summed E-state index contributed by atoms with van der Waals surface area (Å²) in [5.74, 6) is -0.921. The van der Waals surface area contributed by atoms with Crippen molar-refractivity contribution in [2.45, 2.75) is 19.4 Å². The highest BCUT2D eigenvalue weighted by Crippen LogP contribution is 2.27. The van der Waals surface area contributed by atoms with Gasteiger partial charge in [-0.15, -0.1) is 0 Å². The summed E-state index contributed by atoms with van der Waals surface area (Å²) in [6.07, 6.45) is -0.855. The SMILES string of the molecule is Cc1ccc2oc(C(O)Cc3cc(F)cc(F)c3)cc2c1. The van der Waals surface area contributed by atoms with Crippen molar-refractivity contribution >= 4 is 11.0 Å². The molecule has 3 aromatic rings. The van der Waals surface area contributed by atoms with Crippen LogP contribution in [0.25, 0.3) is 11.0 Å². The lowest BCUT2D eigenvalue weighted by molar-refractivity contribution is 0.152. The Morgan fingerprint density at radius 1 is 1.05 bits per heavy atom. The summed E-state index contributed by atoms with van der Waals surface area (Å²) in [5, 5.41) is 11.1. The molecule has 1 aromatic heterocycles. The van der Waals surface area contributed by atoms with E-state index < -0.39 is 17.7 Å². The standard InChI is InChI=1S/C17H14F2O2/c1-10-2-3-16-12(4-10)8-17(21-16)15(20)7-11-5-13(18)9-14(19)6-11/h2-6,8-9,15,20H,7H2,1H3. The molecular weight excluding hydrogens is 274 g/mol. The number of hydrogen-bond donors (Lipinski definition) is 1. The van der Waals surface area contributed by atoms with Gasteiger partial charge in [0, 0.05) is 17.9 Å². The molecule has 1 heterocycles. The van der Waals surface area contributed by atoms with E-state index in [1.54, 1.807) is 6.07 Å². The molecule has 1 N–H and O–H groups in total. The molecule has 0 saturated heterocycles. The Hall–Kier alpha value is -2.20. The van der Waals surface area contributed by atoms with Gasteiger partial charge < -0.3 is 9.52 Å². The van der Waals surface area contributed by atoms with E-state index >= 15 is 0 Å². The first-order valence-corrected chi connectivity index (χ1v) is 6.64. The van der Waals surface area contributed by atoms with E-state index in [0.717, 1.165) is 17.0 Å². The third-order valence-corrected chi connectivity index (χ3v) is 3.37. The number of halogens is 2. The molecule has 0 amide bonds. The van der Waals surface area contributed by atoms with Gasteiger partial charge in [0.05, 0.1) is 0 Å². The maximum absolute atomic E-state index is 13.1. The van der Waals surface area contributed by atoms with Crippen molar-refractivity contribution in [2.75, 3.05) is 0 Å². The molecule has 0 aliphatic carbocycles. The summed E-state index contributed by atoms with van der Waals surface area (Å²) < 4.78 is 31.9. The van der Waals surface area contributed by atoms with E-state index in [0.29, 0.717) is 16.9 Å². The van der Waals surface area contributed by atoms with E-state index in [4.69, 9.17) is 4.42 Å². The Labute approximate surface area is 120 Å². The van der Waals surface area contributed by atoms with Crippen LogP contribution in [0.5, 0.6) is 0 Å². The van der Waals surface area contributed by atoms with Crippen LogP contribution in [0.1, 0.15) is 23.0 Å². The molecule has 1 unspecified atom stereocenters. The van der Waals surface area contributed by atoms with E-state index in [1.165, 1.54) is 12.1 Å². The number of hydrogen-bond acceptors (Lipinski definition) is 2. The van der Waals surface area contributed by atoms with E-state index in [9.17, 15) is 13.9 Å². The molecule has 2 aromatic carbocycles. The second-order valence-corrected chi connectivity index (χ2v) is 5.19. The molecule has 2 nitrogen and oxygen atoms in total. The number of fused-ring (bicyclic) bond motifs is 1. The minimum absolute atomic E-state index is 0.0908. The normalized spacial score (nSPS) is 12.8. The van der Waals surface area contributed by atoms with Crippen molar-refractivity contribution in [3.05, 3.63) is 71.0 Å². The number of benzene rings is 2. The predicted molar refractivity (Wildman–Crippen MR) is 76.0 cm³/mol. The first-order valence-electron chi connectivity index (χ1n) is 6.64. The highest BCUT2D eigenvalue weighted by molar-refractivity contribution is 5.78. The van der Waals surface area contributed by atoms with Crippen molar-refractivity contribution in [1.29, 1.82) is 0 Å². The van der Waals surface area contributed by atoms with Gasteiger partial charge in [-0.05, 0) is 42.8 Å². The highest BCUT2D eigenvalue weighted by atomic mass is 19.1. The van der Waals surface area contributed by atoms with Crippen molar-refractivity contribution in [1.82, 2.24) is 0 Å². The lowest BCUT2D eigenvalue weighted by Gasteiger charge is -2.08. The molecule has 0 saturated carbocycles. The lowest BCUT2D eigenvalue weighted by atomic mass is 10.1. The van der Waals surface area contributed by atoms with Gasteiger partial charge in [0.1, 0.15) is 29.1 Å². The van der Waals surface area contributed by atoms with Crippen molar-refractivity contribution in [3.63, 3.8) is 0 Å². The highest BCUT2D eigenvalue weighted by Gasteiger charge is 2.15. The van der Waals surface area contributed by atoms with Crippen molar-refractivity contribution in [3.8, 4) is 0 Å². The van der Waals surface area contributed by atoms with Gasteiger partial charge in [0.2, 0.25) is 0 Å². The van der Waals surface area contributed by atoms with Gasteiger partial charge in [-0.25, -0.2) is 8.78 Å². The molecule has 0 spiro atoms. The van der Waals surface area contributed by atoms with Crippen LogP contribution in [0, 0.1) is 18.6 Å². The summed E-state index contributed by atoms with van der Waals surface area (Å²) in [4.78, 5) is 0. The molecule has 0 bridgehead atoms. The lowest BCUT2D eigenvalue weighted by Crippen LogP contribution is -2.01. The maximum Gasteiger partial charge on any atom is 0.134 e. The third kappa shape index (κ3) is 2.95. The fraction of sp³-hybridized carbons (Fsp3) is 0.176. The fourth-order valence-electron chi connectivity index (χ4n) is 2.40. The summed E-state index contributed by atoms with van der Waals surface area (Å²) in [6.45, 7) is 1.97. The van der Waals surface area contributed by atoms with Crippen LogP contribution in [0.15, 0.2) is 46.9 Å². The number of aliphatic hydroxyl groups is 1. The van der Waals surface area contributed by atoms with E-state index in [2.05, 4.69) is 0 Å². The van der Waals surface area contributed by atoms with Crippen LogP contribution in [0.2, 0.25) is 0 Å². The number of aliphatic hydroxyl groups excluding tert-OH is 1. The van der Waals surface area contributed by atoms with Gasteiger partial charge >= 0.3 is 0 Å². The van der Waals surface area contributed by atoms with Crippen LogP contribution in [-0.2, 0) is 6.42 Å². The second kappa shape index (κ2) is 5.30. The van der Waals surface area contributed by atoms with Crippen LogP contribution < -0.4 is 0 Å². The molecule has 108 valence electrons. The molecule has 0 fully saturated rings. The van der Waals surface area contributed by atoms with Gasteiger partial charge in [-0.1, -0.05) is 11.6 Å². The summed E-state index contributed by atoms with van der Waals surface area (Å²) >= 11 is 0. The van der Waals surface area contributed by atoms with E-state index in [1.807, 2.05) is 25.1 Å². The zero-order chi connectivity index (χ0) is 15.0. The van der Waals surface area contributed by atoms with Crippen LogP contribution >= 0.6 is 0 Å². The predicted octanol–water partition coefficient (Wildman–Crippen LogP) is 4.30. The fourth-order valence-corrected chi connectivity index (χ4v) is 2.40. The zero-order valence-corrected chi connectivity index (χ0v) is 11.4. The van der Waals surface area contributed by atoms with Crippen LogP contribution in [-0.4, -0.2) is 5.11 Å². The average molecular weight is 288 g/mol. The number of rotatable bonds is 3. The Bertz CT molecular complexity index is 772. The maximum atomic E-state index is 13.1. The van der Waals surface area contributed by atoms with Gasteiger partial charge in [-0.2, -0.15) is 0 Å². The Kier molecular flexibility index (Phi) is 3.47. The molecule has 4 heteroatoms. The van der Waals surface area contributed by atoms with E-state index in [-0.39, 0.29) is 6.42 Å². The molecule has 3 rings (SSSR count). The van der Waals surface area contributed by atoms with Crippen LogP contribution in [0.3, 0.4) is 0 Å². The third-order valence-electron chi connectivity index (χ3n) is 3.37. The zero-order valence-electron chi connectivity index (χ0n) is 11.4. The first kappa shape index (κ1) is 13.8. The van der Waals surface area contributed by atoms with Gasteiger partial charge in [-0.3, -0.25) is 0 Å². The van der Waals surface area contributed by atoms with Crippen molar-refractivity contribution in [2.24, 2.45) is 0 Å². The quantitative estimate of drug-likeness (QED) is 0.779. The smallest absolute Gasteiger partial charge is 0.134 e. The number of furan rings is 1. The largest absolute Gasteiger partial charge is 0.458 e. The van der Waals surface area contributed by atoms with Crippen molar-refractivity contribution < 1.29 is 18.3 Å². The molecule has 0 aliphatic rings. The Morgan fingerprint density at radius 2 is 1.76 bits per heavy atom. The van der Waals surface area contributed by atoms with Crippen LogP contribution in [0.4, 0.5) is 8.78 Å². The van der Waals surface area contributed by atoms with Gasteiger partial charge in [0.25, 0.3) is 0 Å². The Balaban J connectivity index is 1.87. The minimum atomic E-state index is -0.945. The molecular formula is C17H14F2O2.